The van der Waals surface area contributed by atoms with Crippen LogP contribution in [0.3, 0.4) is 0 Å². The number of thioether (sulfide) groups is 1. The van der Waals surface area contributed by atoms with Gasteiger partial charge in [-0.25, -0.2) is 9.97 Å². The molecule has 108 valence electrons. The van der Waals surface area contributed by atoms with E-state index in [1.54, 1.807) is 11.8 Å². The average molecular weight is 300 g/mol. The first-order valence-electron chi connectivity index (χ1n) is 6.82. The summed E-state index contributed by atoms with van der Waals surface area (Å²) in [6.07, 6.45) is 0. The summed E-state index contributed by atoms with van der Waals surface area (Å²) in [5.41, 5.74) is 1.85. The zero-order valence-electron chi connectivity index (χ0n) is 12.0. The summed E-state index contributed by atoms with van der Waals surface area (Å²) >= 11 is 1.56. The molecule has 0 bridgehead atoms. The number of rotatable bonds is 5. The summed E-state index contributed by atoms with van der Waals surface area (Å²) in [7, 11) is 0. The van der Waals surface area contributed by atoms with Gasteiger partial charge in [0.1, 0.15) is 11.6 Å². The number of para-hydroxylation sites is 1. The van der Waals surface area contributed by atoms with Crippen molar-refractivity contribution in [2.24, 2.45) is 0 Å². The minimum absolute atomic E-state index is 0.696. The first kappa shape index (κ1) is 13.9. The first-order chi connectivity index (χ1) is 10.3. The Labute approximate surface area is 127 Å². The number of aromatic nitrogens is 3. The van der Waals surface area contributed by atoms with E-state index in [2.05, 4.69) is 27.4 Å². The second-order valence-electron chi connectivity index (χ2n) is 4.62. The summed E-state index contributed by atoms with van der Waals surface area (Å²) in [5.74, 6) is 2.39. The molecule has 0 atom stereocenters. The minimum atomic E-state index is 0.696. The fourth-order valence-corrected chi connectivity index (χ4v) is 2.78. The Morgan fingerprint density at radius 3 is 2.86 bits per heavy atom. The van der Waals surface area contributed by atoms with Gasteiger partial charge in [0.2, 0.25) is 0 Å². The summed E-state index contributed by atoms with van der Waals surface area (Å²) in [5, 5.41) is 9.06. The Bertz CT molecular complexity index is 756. The molecule has 3 aromatic rings. The van der Waals surface area contributed by atoms with Gasteiger partial charge in [-0.1, -0.05) is 29.1 Å². The Hall–Kier alpha value is -2.08. The van der Waals surface area contributed by atoms with Crippen molar-refractivity contribution < 1.29 is 4.52 Å². The van der Waals surface area contributed by atoms with Crippen molar-refractivity contribution in [3.8, 4) is 0 Å². The van der Waals surface area contributed by atoms with Gasteiger partial charge in [0.15, 0.2) is 5.16 Å². The molecular formula is C15H16N4OS. The number of fused-ring (bicyclic) bond motifs is 1. The number of nitrogens with zero attached hydrogens (tertiary/aromatic N) is 3. The molecule has 1 aromatic carbocycles. The van der Waals surface area contributed by atoms with Gasteiger partial charge in [-0.2, -0.15) is 0 Å². The molecule has 0 aliphatic carbocycles. The minimum Gasteiger partial charge on any atom is -0.370 e. The molecule has 0 spiro atoms. The standard InChI is InChI=1S/C15H16N4OS/c1-3-16-14-12-6-4-5-7-13(12)17-15(18-14)21-9-11-8-10(2)20-19-11/h4-8H,3,9H2,1-2H3,(H,16,17,18). The van der Waals surface area contributed by atoms with Crippen LogP contribution in [0.25, 0.3) is 10.9 Å². The van der Waals surface area contributed by atoms with Gasteiger partial charge in [0.25, 0.3) is 0 Å². The summed E-state index contributed by atoms with van der Waals surface area (Å²) in [6, 6.07) is 9.95. The van der Waals surface area contributed by atoms with Gasteiger partial charge < -0.3 is 9.84 Å². The van der Waals surface area contributed by atoms with Crippen LogP contribution in [0.15, 0.2) is 40.0 Å². The Balaban J connectivity index is 1.87. The highest BCUT2D eigenvalue weighted by Crippen LogP contribution is 2.26. The molecule has 0 aliphatic rings. The molecule has 0 saturated carbocycles. The van der Waals surface area contributed by atoms with Crippen molar-refractivity contribution >= 4 is 28.5 Å². The van der Waals surface area contributed by atoms with E-state index in [1.807, 2.05) is 37.3 Å². The second kappa shape index (κ2) is 6.13. The van der Waals surface area contributed by atoms with Crippen molar-refractivity contribution in [2.75, 3.05) is 11.9 Å². The molecular weight excluding hydrogens is 284 g/mol. The highest BCUT2D eigenvalue weighted by atomic mass is 32.2. The van der Waals surface area contributed by atoms with Gasteiger partial charge in [-0.05, 0) is 26.0 Å². The number of hydrogen-bond donors (Lipinski definition) is 1. The van der Waals surface area contributed by atoms with Gasteiger partial charge >= 0.3 is 0 Å². The molecule has 2 heterocycles. The maximum Gasteiger partial charge on any atom is 0.190 e. The predicted octanol–water partition coefficient (Wildman–Crippen LogP) is 3.65. The number of nitrogens with one attached hydrogen (secondary N) is 1. The SMILES string of the molecule is CCNc1nc(SCc2cc(C)on2)nc2ccccc12. The van der Waals surface area contributed by atoms with Crippen molar-refractivity contribution in [3.05, 3.63) is 41.8 Å². The lowest BCUT2D eigenvalue weighted by Crippen LogP contribution is -2.02. The van der Waals surface area contributed by atoms with E-state index in [0.29, 0.717) is 5.75 Å². The Kier molecular flexibility index (Phi) is 4.06. The van der Waals surface area contributed by atoms with Crippen LogP contribution in [-0.2, 0) is 5.75 Å². The third-order valence-electron chi connectivity index (χ3n) is 2.95. The Morgan fingerprint density at radius 2 is 2.10 bits per heavy atom. The number of anilines is 1. The molecule has 0 unspecified atom stereocenters. The third kappa shape index (κ3) is 3.16. The summed E-state index contributed by atoms with van der Waals surface area (Å²) < 4.78 is 5.07. The van der Waals surface area contributed by atoms with Gasteiger partial charge in [-0.3, -0.25) is 0 Å². The topological polar surface area (TPSA) is 63.8 Å². The van der Waals surface area contributed by atoms with Crippen LogP contribution < -0.4 is 5.32 Å². The van der Waals surface area contributed by atoms with E-state index in [1.165, 1.54) is 0 Å². The maximum atomic E-state index is 5.07. The van der Waals surface area contributed by atoms with Crippen LogP contribution >= 0.6 is 11.8 Å². The maximum absolute atomic E-state index is 5.07. The van der Waals surface area contributed by atoms with Crippen molar-refractivity contribution in [1.82, 2.24) is 15.1 Å². The fraction of sp³-hybridized carbons (Fsp3) is 0.267. The van der Waals surface area contributed by atoms with Crippen LogP contribution in [-0.4, -0.2) is 21.7 Å². The fourth-order valence-electron chi connectivity index (χ4n) is 2.05. The quantitative estimate of drug-likeness (QED) is 0.573. The largest absolute Gasteiger partial charge is 0.370 e. The number of hydrogen-bond acceptors (Lipinski definition) is 6. The van der Waals surface area contributed by atoms with Gasteiger partial charge in [0, 0.05) is 23.8 Å². The van der Waals surface area contributed by atoms with Gasteiger partial charge in [0.05, 0.1) is 11.2 Å². The van der Waals surface area contributed by atoms with Crippen molar-refractivity contribution in [2.45, 2.75) is 24.8 Å². The Morgan fingerprint density at radius 1 is 1.24 bits per heavy atom. The van der Waals surface area contributed by atoms with Crippen LogP contribution in [0.4, 0.5) is 5.82 Å². The van der Waals surface area contributed by atoms with Crippen LogP contribution in [0.1, 0.15) is 18.4 Å². The zero-order chi connectivity index (χ0) is 14.7. The molecule has 5 nitrogen and oxygen atoms in total. The smallest absolute Gasteiger partial charge is 0.190 e. The van der Waals surface area contributed by atoms with Gasteiger partial charge in [-0.15, -0.1) is 0 Å². The van der Waals surface area contributed by atoms with E-state index < -0.39 is 0 Å². The summed E-state index contributed by atoms with van der Waals surface area (Å²) in [4.78, 5) is 9.19. The molecule has 0 saturated heterocycles. The lowest BCUT2D eigenvalue weighted by atomic mass is 10.2. The van der Waals surface area contributed by atoms with E-state index in [4.69, 9.17) is 4.52 Å². The molecule has 3 rings (SSSR count). The molecule has 1 N–H and O–H groups in total. The number of benzene rings is 1. The van der Waals surface area contributed by atoms with Crippen LogP contribution in [0, 0.1) is 6.92 Å². The van der Waals surface area contributed by atoms with E-state index in [9.17, 15) is 0 Å². The van der Waals surface area contributed by atoms with Crippen LogP contribution in [0.5, 0.6) is 0 Å². The van der Waals surface area contributed by atoms with Crippen LogP contribution in [0.2, 0.25) is 0 Å². The highest BCUT2D eigenvalue weighted by molar-refractivity contribution is 7.98. The summed E-state index contributed by atoms with van der Waals surface area (Å²) in [6.45, 7) is 4.77. The van der Waals surface area contributed by atoms with E-state index in [-0.39, 0.29) is 0 Å². The number of aryl methyl sites for hydroxylation is 1. The lowest BCUT2D eigenvalue weighted by Gasteiger charge is -2.08. The highest BCUT2D eigenvalue weighted by Gasteiger charge is 2.08. The predicted molar refractivity (Wildman–Crippen MR) is 84.5 cm³/mol. The molecule has 0 radical (unpaired) electrons. The monoisotopic (exact) mass is 300 g/mol. The molecule has 0 aliphatic heterocycles. The molecule has 0 fully saturated rings. The second-order valence-corrected chi connectivity index (χ2v) is 5.56. The lowest BCUT2D eigenvalue weighted by molar-refractivity contribution is 0.393. The first-order valence-corrected chi connectivity index (χ1v) is 7.80. The molecule has 2 aromatic heterocycles. The third-order valence-corrected chi connectivity index (χ3v) is 3.83. The molecule has 0 amide bonds. The van der Waals surface area contributed by atoms with E-state index >= 15 is 0 Å². The average Bonchev–Trinajstić information content (AvgIpc) is 2.91. The zero-order valence-corrected chi connectivity index (χ0v) is 12.8. The molecule has 21 heavy (non-hydrogen) atoms. The normalized spacial score (nSPS) is 11.0. The van der Waals surface area contributed by atoms with Crippen molar-refractivity contribution in [1.29, 1.82) is 0 Å². The van der Waals surface area contributed by atoms with E-state index in [0.717, 1.165) is 39.9 Å². The van der Waals surface area contributed by atoms with Crippen molar-refractivity contribution in [3.63, 3.8) is 0 Å². The molecule has 6 heteroatoms.